The van der Waals surface area contributed by atoms with E-state index >= 15 is 0 Å². The summed E-state index contributed by atoms with van der Waals surface area (Å²) in [5, 5.41) is 7.69. The Morgan fingerprint density at radius 1 is 1.53 bits per heavy atom. The van der Waals surface area contributed by atoms with Crippen molar-refractivity contribution in [3.05, 3.63) is 21.6 Å². The number of carbonyl (C=O) groups excluding carboxylic acids is 2. The highest BCUT2D eigenvalue weighted by molar-refractivity contribution is 5.74. The number of aromatic amines is 2. The molecule has 0 atom stereocenters. The van der Waals surface area contributed by atoms with Crippen LogP contribution in [0.2, 0.25) is 0 Å². The summed E-state index contributed by atoms with van der Waals surface area (Å²) in [5.74, 6) is 0. The molecule has 1 aromatic heterocycles. The Morgan fingerprint density at radius 3 is 3.12 bits per heavy atom. The predicted octanol–water partition coefficient (Wildman–Crippen LogP) is -0.936. The molecule has 0 fully saturated rings. The number of nitrogens with one attached hydrogen (secondary N) is 3. The molecule has 3 N–H and O–H groups in total. The van der Waals surface area contributed by atoms with Crippen LogP contribution in [0.15, 0.2) is 9.79 Å². The van der Waals surface area contributed by atoms with Crippen LogP contribution in [-0.4, -0.2) is 40.4 Å². The Bertz CT molecular complexity index is 525. The minimum absolute atomic E-state index is 0.102. The minimum atomic E-state index is -0.352. The molecule has 90 valence electrons. The zero-order chi connectivity index (χ0) is 12.3. The summed E-state index contributed by atoms with van der Waals surface area (Å²) in [4.78, 5) is 37.5. The number of nitrogens with zero attached hydrogens (tertiary/aromatic N) is 2. The monoisotopic (exact) mass is 237 g/mol. The second kappa shape index (κ2) is 4.67. The molecule has 0 spiro atoms. The topological polar surface area (TPSA) is 110 Å². The van der Waals surface area contributed by atoms with E-state index in [0.717, 1.165) is 5.69 Å². The normalized spacial score (nSPS) is 13.8. The quantitative estimate of drug-likeness (QED) is 0.456. The maximum absolute atomic E-state index is 11.6. The zero-order valence-electron chi connectivity index (χ0n) is 8.95. The number of isocyanates is 1. The molecule has 1 aliphatic rings. The van der Waals surface area contributed by atoms with Crippen molar-refractivity contribution in [1.82, 2.24) is 20.4 Å². The molecule has 8 nitrogen and oxygen atoms in total. The van der Waals surface area contributed by atoms with Crippen LogP contribution < -0.4 is 10.9 Å². The number of hydrogen-bond acceptors (Lipinski definition) is 4. The number of hydrogen-bond donors (Lipinski definition) is 3. The van der Waals surface area contributed by atoms with Gasteiger partial charge in [0.1, 0.15) is 6.67 Å². The van der Waals surface area contributed by atoms with Gasteiger partial charge < -0.3 is 15.3 Å². The van der Waals surface area contributed by atoms with Gasteiger partial charge in [-0.2, -0.15) is 4.99 Å². The molecule has 1 aliphatic heterocycles. The van der Waals surface area contributed by atoms with E-state index in [1.807, 2.05) is 0 Å². The lowest BCUT2D eigenvalue weighted by Gasteiger charge is -2.25. The molecule has 17 heavy (non-hydrogen) atoms. The molecule has 2 rings (SSSR count). The lowest BCUT2D eigenvalue weighted by atomic mass is 10.1. The second-order valence-corrected chi connectivity index (χ2v) is 3.60. The van der Waals surface area contributed by atoms with E-state index in [-0.39, 0.29) is 24.8 Å². The van der Waals surface area contributed by atoms with Crippen molar-refractivity contribution in [3.63, 3.8) is 0 Å². The summed E-state index contributed by atoms with van der Waals surface area (Å²) < 4.78 is 0. The van der Waals surface area contributed by atoms with E-state index in [1.54, 1.807) is 0 Å². The van der Waals surface area contributed by atoms with Crippen LogP contribution in [-0.2, 0) is 17.8 Å². The summed E-state index contributed by atoms with van der Waals surface area (Å²) in [5.41, 5.74) is 1.21. The lowest BCUT2D eigenvalue weighted by molar-refractivity contribution is 0.192. The molecule has 2 amide bonds. The van der Waals surface area contributed by atoms with Gasteiger partial charge in [-0.05, 0) is 0 Å². The Labute approximate surface area is 95.7 Å². The highest BCUT2D eigenvalue weighted by Crippen LogP contribution is 2.12. The number of rotatable bonds is 2. The molecule has 0 saturated heterocycles. The van der Waals surface area contributed by atoms with Crippen molar-refractivity contribution < 1.29 is 9.59 Å². The third kappa shape index (κ3) is 2.26. The standard InChI is InChI=1S/C9H11N5O3/c15-5-10-4-11-9(17)14-2-1-7-6(3-14)8(16)13-12-7/h1-4H2,(H,11,17)(H2,12,13,16). The third-order valence-corrected chi connectivity index (χ3v) is 2.61. The largest absolute Gasteiger partial charge is 0.320 e. The number of aromatic nitrogens is 2. The summed E-state index contributed by atoms with van der Waals surface area (Å²) in [6.45, 7) is 0.664. The van der Waals surface area contributed by atoms with Crippen molar-refractivity contribution in [2.45, 2.75) is 13.0 Å². The van der Waals surface area contributed by atoms with Crippen LogP contribution in [0.3, 0.4) is 0 Å². The molecule has 0 radical (unpaired) electrons. The van der Waals surface area contributed by atoms with Gasteiger partial charge in [0, 0.05) is 18.7 Å². The first-order valence-corrected chi connectivity index (χ1v) is 5.07. The maximum atomic E-state index is 11.6. The minimum Gasteiger partial charge on any atom is -0.320 e. The SMILES string of the molecule is O=C=NCNC(=O)N1CCc2[nH][nH]c(=O)c2C1. The number of fused-ring (bicyclic) bond motifs is 1. The number of aliphatic imine (C=N–C) groups is 1. The fourth-order valence-electron chi connectivity index (χ4n) is 1.74. The van der Waals surface area contributed by atoms with Crippen molar-refractivity contribution in [3.8, 4) is 0 Å². The Kier molecular flexibility index (Phi) is 3.06. The Balaban J connectivity index is 2.02. The molecule has 0 bridgehead atoms. The van der Waals surface area contributed by atoms with Crippen molar-refractivity contribution in [2.24, 2.45) is 4.99 Å². The van der Waals surface area contributed by atoms with Gasteiger partial charge in [-0.25, -0.2) is 9.59 Å². The van der Waals surface area contributed by atoms with E-state index in [4.69, 9.17) is 0 Å². The fraction of sp³-hybridized carbons (Fsp3) is 0.444. The van der Waals surface area contributed by atoms with Crippen LogP contribution in [0.4, 0.5) is 4.79 Å². The van der Waals surface area contributed by atoms with Gasteiger partial charge in [0.15, 0.2) is 0 Å². The van der Waals surface area contributed by atoms with Crippen LogP contribution >= 0.6 is 0 Å². The van der Waals surface area contributed by atoms with Gasteiger partial charge in [0.2, 0.25) is 6.08 Å². The van der Waals surface area contributed by atoms with E-state index in [2.05, 4.69) is 20.5 Å². The Hall–Kier alpha value is -2.34. The molecule has 1 aromatic rings. The van der Waals surface area contributed by atoms with Gasteiger partial charge in [-0.1, -0.05) is 0 Å². The van der Waals surface area contributed by atoms with Gasteiger partial charge >= 0.3 is 6.03 Å². The molecular formula is C9H11N5O3. The first kappa shape index (κ1) is 11.2. The number of amides is 2. The average Bonchev–Trinajstić information content (AvgIpc) is 2.71. The van der Waals surface area contributed by atoms with Crippen LogP contribution in [0.5, 0.6) is 0 Å². The van der Waals surface area contributed by atoms with Crippen molar-refractivity contribution in [2.75, 3.05) is 13.2 Å². The predicted molar refractivity (Wildman–Crippen MR) is 57.0 cm³/mol. The summed E-state index contributed by atoms with van der Waals surface area (Å²) in [6, 6.07) is -0.352. The van der Waals surface area contributed by atoms with Crippen molar-refractivity contribution in [1.29, 1.82) is 0 Å². The van der Waals surface area contributed by atoms with Crippen molar-refractivity contribution >= 4 is 12.1 Å². The molecule has 0 unspecified atom stereocenters. The van der Waals surface area contributed by atoms with Gasteiger partial charge in [-0.3, -0.25) is 9.89 Å². The van der Waals surface area contributed by atoms with E-state index < -0.39 is 0 Å². The molecule has 2 heterocycles. The van der Waals surface area contributed by atoms with Crippen LogP contribution in [0, 0.1) is 0 Å². The van der Waals surface area contributed by atoms with E-state index in [0.29, 0.717) is 18.5 Å². The first-order chi connectivity index (χ1) is 8.22. The molecule has 0 saturated carbocycles. The number of carbonyl (C=O) groups is 1. The zero-order valence-corrected chi connectivity index (χ0v) is 8.95. The number of urea groups is 1. The lowest BCUT2D eigenvalue weighted by Crippen LogP contribution is -2.43. The number of H-pyrrole nitrogens is 2. The summed E-state index contributed by atoms with van der Waals surface area (Å²) in [7, 11) is 0. The maximum Gasteiger partial charge on any atom is 0.319 e. The summed E-state index contributed by atoms with van der Waals surface area (Å²) >= 11 is 0. The second-order valence-electron chi connectivity index (χ2n) is 3.60. The molecule has 8 heteroatoms. The molecule has 0 aliphatic carbocycles. The first-order valence-electron chi connectivity index (χ1n) is 5.07. The summed E-state index contributed by atoms with van der Waals surface area (Å²) in [6.07, 6.45) is 1.92. The fourth-order valence-corrected chi connectivity index (χ4v) is 1.74. The van der Waals surface area contributed by atoms with Crippen LogP contribution in [0.1, 0.15) is 11.3 Å². The van der Waals surface area contributed by atoms with Gasteiger partial charge in [0.25, 0.3) is 5.56 Å². The third-order valence-electron chi connectivity index (χ3n) is 2.61. The van der Waals surface area contributed by atoms with E-state index in [1.165, 1.54) is 11.0 Å². The highest BCUT2D eigenvalue weighted by Gasteiger charge is 2.23. The van der Waals surface area contributed by atoms with Gasteiger partial charge in [-0.15, -0.1) is 0 Å². The Morgan fingerprint density at radius 2 is 2.35 bits per heavy atom. The molecule has 0 aromatic carbocycles. The highest BCUT2D eigenvalue weighted by atomic mass is 16.2. The van der Waals surface area contributed by atoms with Gasteiger partial charge in [0.05, 0.1) is 12.1 Å². The van der Waals surface area contributed by atoms with E-state index in [9.17, 15) is 14.4 Å². The smallest absolute Gasteiger partial charge is 0.319 e. The van der Waals surface area contributed by atoms with Crippen LogP contribution in [0.25, 0.3) is 0 Å². The molecular weight excluding hydrogens is 226 g/mol. The average molecular weight is 237 g/mol.